The van der Waals surface area contributed by atoms with Crippen molar-refractivity contribution in [2.45, 2.75) is 45.1 Å². The van der Waals surface area contributed by atoms with Crippen LogP contribution in [-0.2, 0) is 33.9 Å². The normalized spacial score (nSPS) is 17.2. The molecule has 2 heterocycles. The molecule has 8 nitrogen and oxygen atoms in total. The maximum atomic E-state index is 14.8. The van der Waals surface area contributed by atoms with E-state index in [-0.39, 0.29) is 36.8 Å². The van der Waals surface area contributed by atoms with Crippen molar-refractivity contribution in [3.05, 3.63) is 70.4 Å². The Balaban J connectivity index is 1.57. The number of benzene rings is 2. The molecule has 11 heteroatoms. The Morgan fingerprint density at radius 3 is 2.57 bits per heavy atom. The van der Waals surface area contributed by atoms with Gasteiger partial charge in [-0.15, -0.1) is 0 Å². The number of hydrogen-bond acceptors (Lipinski definition) is 4. The summed E-state index contributed by atoms with van der Waals surface area (Å²) in [4.78, 5) is 50.4. The number of aromatic nitrogens is 1. The van der Waals surface area contributed by atoms with E-state index in [1.807, 2.05) is 0 Å². The van der Waals surface area contributed by atoms with Crippen molar-refractivity contribution in [1.29, 1.82) is 0 Å². The Morgan fingerprint density at radius 2 is 1.89 bits per heavy atom. The summed E-state index contributed by atoms with van der Waals surface area (Å²) in [6, 6.07) is 9.74. The van der Waals surface area contributed by atoms with Gasteiger partial charge in [0, 0.05) is 34.1 Å². The largest absolute Gasteiger partial charge is 0.481 e. The third-order valence-electron chi connectivity index (χ3n) is 6.29. The molecule has 1 aromatic heterocycles. The first-order valence-electron chi connectivity index (χ1n) is 11.5. The number of hydrogen-bond donors (Lipinski definition) is 1. The number of amides is 2. The Labute approximate surface area is 215 Å². The number of likely N-dealkylation sites (tertiary alicyclic amines) is 1. The second-order valence-electron chi connectivity index (χ2n) is 9.03. The van der Waals surface area contributed by atoms with Crippen LogP contribution in [0.15, 0.2) is 48.7 Å². The number of carbonyl (C=O) groups is 4. The zero-order valence-electron chi connectivity index (χ0n) is 19.9. The minimum atomic E-state index is -1.51. The standard InChI is InChI=1S/C26H24ClF2N3O5/c1-15(33)21-13-30(22-8-16(9-25(35)36)5-6-20(21)22)14-24(34)31-12-19(28)10-23(31)26(37)32(29)11-17-3-2-4-18(27)7-17/h2-8,13,19,23H,9-12,14H2,1H3,(H,35,36)/t19-,23+/m1/s1. The van der Waals surface area contributed by atoms with Crippen LogP contribution < -0.4 is 0 Å². The van der Waals surface area contributed by atoms with Crippen molar-refractivity contribution >= 4 is 46.1 Å². The molecular weight excluding hydrogens is 508 g/mol. The molecule has 1 aliphatic heterocycles. The molecule has 0 spiro atoms. The summed E-state index contributed by atoms with van der Waals surface area (Å²) in [6.45, 7) is 0.233. The molecule has 1 fully saturated rings. The number of ketones is 1. The van der Waals surface area contributed by atoms with E-state index in [4.69, 9.17) is 16.7 Å². The fourth-order valence-corrected chi connectivity index (χ4v) is 4.81. The summed E-state index contributed by atoms with van der Waals surface area (Å²) in [5.74, 6) is -2.97. The fraction of sp³-hybridized carbons (Fsp3) is 0.308. The molecular formula is C26H24ClF2N3O5. The number of aliphatic carboxylic acids is 1. The van der Waals surface area contributed by atoms with Gasteiger partial charge in [-0.3, -0.25) is 19.2 Å². The Kier molecular flexibility index (Phi) is 7.58. The number of fused-ring (bicyclic) bond motifs is 1. The van der Waals surface area contributed by atoms with Crippen LogP contribution in [-0.4, -0.2) is 62.0 Å². The molecule has 1 N–H and O–H groups in total. The first kappa shape index (κ1) is 26.3. The van der Waals surface area contributed by atoms with E-state index in [2.05, 4.69) is 0 Å². The molecule has 3 aromatic rings. The minimum Gasteiger partial charge on any atom is -0.481 e. The van der Waals surface area contributed by atoms with Crippen LogP contribution in [0.4, 0.5) is 8.87 Å². The average Bonchev–Trinajstić information content (AvgIpc) is 3.39. The van der Waals surface area contributed by atoms with Gasteiger partial charge < -0.3 is 14.6 Å². The summed E-state index contributed by atoms with van der Waals surface area (Å²) < 4.78 is 30.6. The third kappa shape index (κ3) is 5.80. The molecule has 2 atom stereocenters. The lowest BCUT2D eigenvalue weighted by molar-refractivity contribution is -0.156. The molecule has 0 bridgehead atoms. The molecule has 4 rings (SSSR count). The number of rotatable bonds is 8. The smallest absolute Gasteiger partial charge is 0.307 e. The maximum Gasteiger partial charge on any atom is 0.307 e. The highest BCUT2D eigenvalue weighted by molar-refractivity contribution is 6.30. The first-order chi connectivity index (χ1) is 17.5. The van der Waals surface area contributed by atoms with Crippen LogP contribution in [0.1, 0.15) is 34.8 Å². The van der Waals surface area contributed by atoms with E-state index >= 15 is 0 Å². The molecule has 2 aromatic carbocycles. The Bertz CT molecular complexity index is 1390. The quantitative estimate of drug-likeness (QED) is 0.350. The lowest BCUT2D eigenvalue weighted by Gasteiger charge is -2.26. The molecule has 1 saturated heterocycles. The summed E-state index contributed by atoms with van der Waals surface area (Å²) in [7, 11) is 0. The highest BCUT2D eigenvalue weighted by Crippen LogP contribution is 2.27. The van der Waals surface area contributed by atoms with Gasteiger partial charge >= 0.3 is 5.97 Å². The highest BCUT2D eigenvalue weighted by atomic mass is 35.5. The summed E-state index contributed by atoms with van der Waals surface area (Å²) in [5.41, 5.74) is 1.68. The van der Waals surface area contributed by atoms with Crippen molar-refractivity contribution in [2.75, 3.05) is 6.54 Å². The summed E-state index contributed by atoms with van der Waals surface area (Å²) >= 11 is 5.91. The molecule has 0 saturated carbocycles. The van der Waals surface area contributed by atoms with Gasteiger partial charge in [-0.05, 0) is 36.2 Å². The van der Waals surface area contributed by atoms with Crippen LogP contribution in [0.2, 0.25) is 5.02 Å². The molecule has 1 aliphatic rings. The maximum absolute atomic E-state index is 14.8. The van der Waals surface area contributed by atoms with Gasteiger partial charge in [-0.1, -0.05) is 40.3 Å². The van der Waals surface area contributed by atoms with E-state index < -0.39 is 36.5 Å². The van der Waals surface area contributed by atoms with Gasteiger partial charge in [0.25, 0.3) is 5.91 Å². The van der Waals surface area contributed by atoms with E-state index in [9.17, 15) is 28.0 Å². The van der Waals surface area contributed by atoms with Crippen LogP contribution >= 0.6 is 11.6 Å². The second kappa shape index (κ2) is 10.7. The van der Waals surface area contributed by atoms with Gasteiger partial charge in [-0.25, -0.2) is 4.39 Å². The second-order valence-corrected chi connectivity index (χ2v) is 9.47. The van der Waals surface area contributed by atoms with Crippen molar-refractivity contribution in [1.82, 2.24) is 14.6 Å². The predicted molar refractivity (Wildman–Crippen MR) is 131 cm³/mol. The average molecular weight is 532 g/mol. The number of carboxylic acids is 1. The number of carboxylic acid groups (broad SMARTS) is 1. The number of alkyl halides is 1. The third-order valence-corrected chi connectivity index (χ3v) is 6.53. The van der Waals surface area contributed by atoms with E-state index in [0.29, 0.717) is 32.6 Å². The van der Waals surface area contributed by atoms with E-state index in [1.165, 1.54) is 23.8 Å². The molecule has 0 radical (unpaired) electrons. The van der Waals surface area contributed by atoms with Gasteiger partial charge in [-0.2, -0.15) is 5.12 Å². The monoisotopic (exact) mass is 531 g/mol. The SMILES string of the molecule is CC(=O)c1cn(CC(=O)N2C[C@H](F)C[C@H]2C(=O)N(F)Cc2cccc(Cl)c2)c2cc(CC(=O)O)ccc12. The number of nitrogens with zero attached hydrogens (tertiary/aromatic N) is 3. The van der Waals surface area contributed by atoms with Crippen LogP contribution in [0.3, 0.4) is 0 Å². The van der Waals surface area contributed by atoms with Crippen molar-refractivity contribution in [3.8, 4) is 0 Å². The highest BCUT2D eigenvalue weighted by Gasteiger charge is 2.42. The Hall–Kier alpha value is -3.79. The molecule has 37 heavy (non-hydrogen) atoms. The minimum absolute atomic E-state index is 0.0499. The molecule has 0 unspecified atom stereocenters. The zero-order valence-corrected chi connectivity index (χ0v) is 20.6. The van der Waals surface area contributed by atoms with Gasteiger partial charge in [0.2, 0.25) is 5.91 Å². The van der Waals surface area contributed by atoms with Crippen LogP contribution in [0.25, 0.3) is 10.9 Å². The first-order valence-corrected chi connectivity index (χ1v) is 11.9. The predicted octanol–water partition coefficient (Wildman–Crippen LogP) is 3.98. The van der Waals surface area contributed by atoms with Gasteiger partial charge in [0.05, 0.1) is 19.5 Å². The topological polar surface area (TPSA) is 99.9 Å². The lowest BCUT2D eigenvalue weighted by Crippen LogP contribution is -2.46. The van der Waals surface area contributed by atoms with Crippen molar-refractivity contribution in [3.63, 3.8) is 0 Å². The van der Waals surface area contributed by atoms with Crippen molar-refractivity contribution in [2.24, 2.45) is 0 Å². The molecule has 2 amide bonds. The van der Waals surface area contributed by atoms with E-state index in [0.717, 1.165) is 4.90 Å². The van der Waals surface area contributed by atoms with Gasteiger partial charge in [0.15, 0.2) is 5.78 Å². The summed E-state index contributed by atoms with van der Waals surface area (Å²) in [6.07, 6.45) is -0.631. The molecule has 194 valence electrons. The van der Waals surface area contributed by atoms with Crippen LogP contribution in [0, 0.1) is 0 Å². The van der Waals surface area contributed by atoms with E-state index in [1.54, 1.807) is 36.4 Å². The molecule has 0 aliphatic carbocycles. The number of halogens is 3. The summed E-state index contributed by atoms with van der Waals surface area (Å²) in [5, 5.41) is 9.97. The fourth-order valence-electron chi connectivity index (χ4n) is 4.60. The van der Waals surface area contributed by atoms with Gasteiger partial charge in [0.1, 0.15) is 18.8 Å². The Morgan fingerprint density at radius 1 is 1.14 bits per heavy atom. The number of carbonyl (C=O) groups excluding carboxylic acids is 3. The van der Waals surface area contributed by atoms with Crippen molar-refractivity contribution < 1.29 is 33.2 Å². The van der Waals surface area contributed by atoms with Crippen LogP contribution in [0.5, 0.6) is 0 Å². The number of Topliss-reactive ketones (excluding diaryl/α,β-unsaturated/α-hetero) is 1. The zero-order chi connectivity index (χ0) is 26.9. The lowest BCUT2D eigenvalue weighted by atomic mass is 10.1.